The smallest absolute Gasteiger partial charge is 0.256 e. The molecule has 0 bridgehead atoms. The zero-order valence-corrected chi connectivity index (χ0v) is 13.9. The van der Waals surface area contributed by atoms with Crippen molar-refractivity contribution in [3.63, 3.8) is 0 Å². The van der Waals surface area contributed by atoms with Gasteiger partial charge in [-0.05, 0) is 72.3 Å². The Hall–Kier alpha value is -1.63. The molecule has 3 nitrogen and oxygen atoms in total. The highest BCUT2D eigenvalue weighted by atomic mass is 127. The van der Waals surface area contributed by atoms with Gasteiger partial charge in [-0.3, -0.25) is 4.79 Å². The number of nitrogens with one attached hydrogen (secondary N) is 1. The highest BCUT2D eigenvalue weighted by Crippen LogP contribution is 2.27. The molecule has 0 heterocycles. The van der Waals surface area contributed by atoms with Crippen LogP contribution in [0.3, 0.4) is 0 Å². The highest BCUT2D eigenvalue weighted by molar-refractivity contribution is 14.1. The van der Waals surface area contributed by atoms with Crippen LogP contribution in [0.15, 0.2) is 36.4 Å². The summed E-state index contributed by atoms with van der Waals surface area (Å²) in [6.45, 7) is 4.36. The van der Waals surface area contributed by atoms with Crippen molar-refractivity contribution >= 4 is 34.2 Å². The summed E-state index contributed by atoms with van der Waals surface area (Å²) in [7, 11) is 0. The summed E-state index contributed by atoms with van der Waals surface area (Å²) in [6.07, 6.45) is 0. The van der Waals surface area contributed by atoms with E-state index in [0.29, 0.717) is 27.2 Å². The third kappa shape index (κ3) is 3.93. The van der Waals surface area contributed by atoms with Gasteiger partial charge in [0.1, 0.15) is 11.6 Å². The van der Waals surface area contributed by atoms with E-state index in [1.165, 1.54) is 18.2 Å². The molecule has 0 fully saturated rings. The second kappa shape index (κ2) is 6.89. The van der Waals surface area contributed by atoms with E-state index in [0.717, 1.165) is 5.56 Å². The summed E-state index contributed by atoms with van der Waals surface area (Å²) >= 11 is 1.94. The van der Waals surface area contributed by atoms with Crippen LogP contribution in [0.4, 0.5) is 10.1 Å². The van der Waals surface area contributed by atoms with E-state index >= 15 is 0 Å². The maximum absolute atomic E-state index is 13.1. The van der Waals surface area contributed by atoms with Crippen LogP contribution in [0.2, 0.25) is 0 Å². The number of hydrogen-bond acceptors (Lipinski definition) is 2. The molecular weight excluding hydrogens is 384 g/mol. The fourth-order valence-electron chi connectivity index (χ4n) is 1.87. The van der Waals surface area contributed by atoms with Gasteiger partial charge in [-0.2, -0.15) is 0 Å². The van der Waals surface area contributed by atoms with Gasteiger partial charge >= 0.3 is 0 Å². The first-order valence-corrected chi connectivity index (χ1v) is 7.59. The van der Waals surface area contributed by atoms with Crippen LogP contribution in [-0.2, 0) is 0 Å². The van der Waals surface area contributed by atoms with Crippen molar-refractivity contribution in [1.29, 1.82) is 0 Å². The van der Waals surface area contributed by atoms with Crippen LogP contribution < -0.4 is 10.1 Å². The van der Waals surface area contributed by atoms with E-state index in [2.05, 4.69) is 5.32 Å². The molecule has 0 saturated heterocycles. The third-order valence-corrected chi connectivity index (χ3v) is 3.75. The normalized spacial score (nSPS) is 10.3. The van der Waals surface area contributed by atoms with Gasteiger partial charge in [-0.1, -0.05) is 6.07 Å². The van der Waals surface area contributed by atoms with Crippen molar-refractivity contribution in [2.45, 2.75) is 13.8 Å². The summed E-state index contributed by atoms with van der Waals surface area (Å²) in [4.78, 5) is 12.3. The first-order chi connectivity index (χ1) is 10.0. The van der Waals surface area contributed by atoms with Gasteiger partial charge in [0.05, 0.1) is 17.9 Å². The topological polar surface area (TPSA) is 38.3 Å². The van der Waals surface area contributed by atoms with E-state index in [4.69, 9.17) is 4.74 Å². The summed E-state index contributed by atoms with van der Waals surface area (Å²) in [6, 6.07) is 9.64. The van der Waals surface area contributed by atoms with Crippen LogP contribution in [0.5, 0.6) is 5.75 Å². The van der Waals surface area contributed by atoms with Gasteiger partial charge in [0.2, 0.25) is 0 Å². The SMILES string of the molecule is CCOc1cc(C)ccc1NC(=O)c1ccc(F)cc1I. The van der Waals surface area contributed by atoms with Gasteiger partial charge < -0.3 is 10.1 Å². The summed E-state index contributed by atoms with van der Waals surface area (Å²) < 4.78 is 19.2. The summed E-state index contributed by atoms with van der Waals surface area (Å²) in [5, 5.41) is 2.81. The Morgan fingerprint density at radius 3 is 2.71 bits per heavy atom. The fraction of sp³-hybridized carbons (Fsp3) is 0.188. The molecule has 2 aromatic carbocycles. The minimum absolute atomic E-state index is 0.288. The van der Waals surface area contributed by atoms with E-state index in [-0.39, 0.29) is 11.7 Å². The Labute approximate surface area is 136 Å². The lowest BCUT2D eigenvalue weighted by molar-refractivity contribution is 0.102. The second-order valence-corrected chi connectivity index (χ2v) is 5.67. The van der Waals surface area contributed by atoms with E-state index < -0.39 is 0 Å². The van der Waals surface area contributed by atoms with Crippen molar-refractivity contribution in [2.75, 3.05) is 11.9 Å². The van der Waals surface area contributed by atoms with E-state index in [1.807, 2.05) is 48.6 Å². The molecule has 2 rings (SSSR count). The van der Waals surface area contributed by atoms with Crippen LogP contribution in [0.1, 0.15) is 22.8 Å². The molecule has 0 aromatic heterocycles. The van der Waals surface area contributed by atoms with Gasteiger partial charge in [0.15, 0.2) is 0 Å². The lowest BCUT2D eigenvalue weighted by atomic mass is 10.1. The molecule has 0 radical (unpaired) electrons. The number of rotatable bonds is 4. The number of aryl methyl sites for hydroxylation is 1. The molecule has 0 unspecified atom stereocenters. The van der Waals surface area contributed by atoms with Gasteiger partial charge in [0.25, 0.3) is 5.91 Å². The number of carbonyl (C=O) groups is 1. The molecule has 21 heavy (non-hydrogen) atoms. The average Bonchev–Trinajstić information content (AvgIpc) is 2.42. The number of hydrogen-bond donors (Lipinski definition) is 1. The Morgan fingerprint density at radius 1 is 1.29 bits per heavy atom. The van der Waals surface area contributed by atoms with Gasteiger partial charge in [0, 0.05) is 3.57 Å². The number of carbonyl (C=O) groups excluding carboxylic acids is 1. The minimum atomic E-state index is -0.360. The van der Waals surface area contributed by atoms with Crippen LogP contribution >= 0.6 is 22.6 Å². The quantitative estimate of drug-likeness (QED) is 0.775. The molecule has 5 heteroatoms. The molecule has 0 aliphatic heterocycles. The Bertz CT molecular complexity index is 673. The van der Waals surface area contributed by atoms with Crippen molar-refractivity contribution < 1.29 is 13.9 Å². The predicted octanol–water partition coefficient (Wildman–Crippen LogP) is 4.39. The van der Waals surface area contributed by atoms with Crippen molar-refractivity contribution in [2.24, 2.45) is 0 Å². The monoisotopic (exact) mass is 399 g/mol. The molecule has 0 aliphatic rings. The van der Waals surface area contributed by atoms with E-state index in [1.54, 1.807) is 6.07 Å². The molecule has 0 atom stereocenters. The Balaban J connectivity index is 2.27. The minimum Gasteiger partial charge on any atom is -0.492 e. The van der Waals surface area contributed by atoms with E-state index in [9.17, 15) is 9.18 Å². The lowest BCUT2D eigenvalue weighted by Gasteiger charge is -2.13. The molecule has 1 N–H and O–H groups in total. The number of anilines is 1. The largest absolute Gasteiger partial charge is 0.492 e. The third-order valence-electron chi connectivity index (χ3n) is 2.86. The van der Waals surface area contributed by atoms with Crippen molar-refractivity contribution in [1.82, 2.24) is 0 Å². The van der Waals surface area contributed by atoms with Crippen LogP contribution in [0.25, 0.3) is 0 Å². The predicted molar refractivity (Wildman–Crippen MR) is 89.4 cm³/mol. The maximum atomic E-state index is 13.1. The fourth-order valence-corrected chi connectivity index (χ4v) is 2.59. The number of ether oxygens (including phenoxy) is 1. The first-order valence-electron chi connectivity index (χ1n) is 6.51. The molecule has 1 amide bonds. The van der Waals surface area contributed by atoms with Crippen LogP contribution in [0, 0.1) is 16.3 Å². The molecule has 2 aromatic rings. The molecule has 0 spiro atoms. The zero-order chi connectivity index (χ0) is 15.4. The van der Waals surface area contributed by atoms with Gasteiger partial charge in [-0.15, -0.1) is 0 Å². The number of benzene rings is 2. The first kappa shape index (κ1) is 15.8. The molecule has 110 valence electrons. The van der Waals surface area contributed by atoms with Gasteiger partial charge in [-0.25, -0.2) is 4.39 Å². The standard InChI is InChI=1S/C16H15FINO2/c1-3-21-15-8-10(2)4-7-14(15)19-16(20)12-6-5-11(17)9-13(12)18/h4-9H,3H2,1-2H3,(H,19,20). The number of halogens is 2. The van der Waals surface area contributed by atoms with Crippen LogP contribution in [-0.4, -0.2) is 12.5 Å². The lowest BCUT2D eigenvalue weighted by Crippen LogP contribution is -2.14. The van der Waals surface area contributed by atoms with Crippen molar-refractivity contribution in [3.05, 3.63) is 56.9 Å². The Morgan fingerprint density at radius 2 is 2.05 bits per heavy atom. The Kier molecular flexibility index (Phi) is 5.17. The molecule has 0 saturated carbocycles. The molecule has 0 aliphatic carbocycles. The second-order valence-electron chi connectivity index (χ2n) is 4.51. The zero-order valence-electron chi connectivity index (χ0n) is 11.7. The summed E-state index contributed by atoms with van der Waals surface area (Å²) in [5.74, 6) is -0.0199. The average molecular weight is 399 g/mol. The maximum Gasteiger partial charge on any atom is 0.256 e. The van der Waals surface area contributed by atoms with Crippen molar-refractivity contribution in [3.8, 4) is 5.75 Å². The number of amides is 1. The summed E-state index contributed by atoms with van der Waals surface area (Å²) in [5.41, 5.74) is 2.08. The molecular formula is C16H15FINO2. The highest BCUT2D eigenvalue weighted by Gasteiger charge is 2.13.